The molecule has 0 aliphatic rings. The van der Waals surface area contributed by atoms with Crippen molar-refractivity contribution in [1.29, 1.82) is 0 Å². The Balaban J connectivity index is -0.0000000853. The van der Waals surface area contributed by atoms with Crippen molar-refractivity contribution in [2.24, 2.45) is 23.7 Å². The minimum absolute atomic E-state index is 0.884. The van der Waals surface area contributed by atoms with Crippen LogP contribution >= 0.6 is 0 Å². The highest BCUT2D eigenvalue weighted by Gasteiger charge is 1.81. The van der Waals surface area contributed by atoms with E-state index in [4.69, 9.17) is 0 Å². The Morgan fingerprint density at radius 2 is 0.400 bits per heavy atom. The van der Waals surface area contributed by atoms with Crippen molar-refractivity contribution in [3.05, 3.63) is 0 Å². The predicted molar refractivity (Wildman–Crippen MR) is 101 cm³/mol. The Morgan fingerprint density at radius 1 is 0.350 bits per heavy atom. The molecule has 0 saturated carbocycles. The molecule has 128 valence electrons. The lowest BCUT2D eigenvalue weighted by molar-refractivity contribution is 0.626. The monoisotopic (exact) mass is 288 g/mol. The first-order chi connectivity index (χ1) is 9.08. The summed E-state index contributed by atoms with van der Waals surface area (Å²) in [6, 6.07) is 0. The molecule has 0 aromatic heterocycles. The van der Waals surface area contributed by atoms with Gasteiger partial charge in [0.25, 0.3) is 0 Å². The summed E-state index contributed by atoms with van der Waals surface area (Å²) in [6.45, 7) is 26.6. The van der Waals surface area contributed by atoms with E-state index in [1.165, 1.54) is 25.7 Å². The van der Waals surface area contributed by atoms with Crippen LogP contribution in [0.15, 0.2) is 0 Å². The second kappa shape index (κ2) is 24.0. The summed E-state index contributed by atoms with van der Waals surface area (Å²) in [4.78, 5) is 0. The first-order valence-electron chi connectivity index (χ1n) is 9.08. The molecule has 0 aromatic rings. The minimum Gasteiger partial charge on any atom is -0.0651 e. The molecule has 0 spiro atoms. The van der Waals surface area contributed by atoms with Gasteiger partial charge in [-0.3, -0.25) is 0 Å². The van der Waals surface area contributed by atoms with Crippen LogP contribution in [0.1, 0.15) is 109 Å². The fourth-order valence-corrected chi connectivity index (χ4v) is 0. The summed E-state index contributed by atoms with van der Waals surface area (Å²) in [5.74, 6) is 3.54. The molecule has 0 aliphatic heterocycles. The molecule has 0 fully saturated rings. The van der Waals surface area contributed by atoms with Crippen molar-refractivity contribution in [2.45, 2.75) is 109 Å². The fourth-order valence-electron chi connectivity index (χ4n) is 0. The van der Waals surface area contributed by atoms with Crippen LogP contribution in [0.5, 0.6) is 0 Å². The van der Waals surface area contributed by atoms with Gasteiger partial charge in [0.2, 0.25) is 0 Å². The third-order valence-corrected chi connectivity index (χ3v) is 3.27. The Hall–Kier alpha value is 0. The first kappa shape index (κ1) is 28.2. The predicted octanol–water partition coefficient (Wildman–Crippen LogP) is 8.21. The lowest BCUT2D eigenvalue weighted by Crippen LogP contribution is -1.77. The second-order valence-electron chi connectivity index (χ2n) is 7.21. The van der Waals surface area contributed by atoms with Gasteiger partial charge in [-0.2, -0.15) is 0 Å². The van der Waals surface area contributed by atoms with Gasteiger partial charge in [0.05, 0.1) is 0 Å². The summed E-state index contributed by atoms with van der Waals surface area (Å²) in [5.41, 5.74) is 0. The lowest BCUT2D eigenvalue weighted by atomic mass is 10.2. The van der Waals surface area contributed by atoms with Crippen LogP contribution < -0.4 is 0 Å². The van der Waals surface area contributed by atoms with E-state index in [9.17, 15) is 0 Å². The molecule has 0 radical (unpaired) electrons. The van der Waals surface area contributed by atoms with E-state index in [1.54, 1.807) is 0 Å². The van der Waals surface area contributed by atoms with Gasteiger partial charge in [0.1, 0.15) is 0 Å². The SMILES string of the molecule is CCC(C)C.CCC(C)C.CCC(C)C.CCC(C)C. The number of rotatable bonds is 4. The van der Waals surface area contributed by atoms with E-state index in [-0.39, 0.29) is 0 Å². The van der Waals surface area contributed by atoms with Gasteiger partial charge in [-0.1, -0.05) is 109 Å². The standard InChI is InChI=1S/4C5H12/c4*1-4-5(2)3/h4*5H,4H2,1-3H3. The molecule has 0 aliphatic carbocycles. The van der Waals surface area contributed by atoms with E-state index in [0.717, 1.165) is 23.7 Å². The molecule has 0 nitrogen and oxygen atoms in total. The molecule has 20 heavy (non-hydrogen) atoms. The molecule has 0 aromatic carbocycles. The molecule has 0 heteroatoms. The molecule has 0 unspecified atom stereocenters. The summed E-state index contributed by atoms with van der Waals surface area (Å²) in [7, 11) is 0. The third-order valence-electron chi connectivity index (χ3n) is 3.27. The van der Waals surface area contributed by atoms with Crippen LogP contribution in [0.25, 0.3) is 0 Å². The van der Waals surface area contributed by atoms with Crippen molar-refractivity contribution < 1.29 is 0 Å². The van der Waals surface area contributed by atoms with E-state index >= 15 is 0 Å². The Morgan fingerprint density at radius 3 is 0.400 bits per heavy atom. The van der Waals surface area contributed by atoms with E-state index in [2.05, 4.69) is 83.1 Å². The van der Waals surface area contributed by atoms with E-state index < -0.39 is 0 Å². The fraction of sp³-hybridized carbons (Fsp3) is 1.00. The van der Waals surface area contributed by atoms with Gasteiger partial charge in [-0.15, -0.1) is 0 Å². The van der Waals surface area contributed by atoms with Gasteiger partial charge in [-0.25, -0.2) is 0 Å². The van der Waals surface area contributed by atoms with Crippen molar-refractivity contribution in [3.8, 4) is 0 Å². The number of hydrogen-bond acceptors (Lipinski definition) is 0. The lowest BCUT2D eigenvalue weighted by Gasteiger charge is -1.90. The quantitative estimate of drug-likeness (QED) is 0.489. The van der Waals surface area contributed by atoms with Crippen LogP contribution in [0, 0.1) is 23.7 Å². The molecular weight excluding hydrogens is 240 g/mol. The van der Waals surface area contributed by atoms with Gasteiger partial charge in [0.15, 0.2) is 0 Å². The zero-order chi connectivity index (χ0) is 17.1. The average Bonchev–Trinajstić information content (AvgIpc) is 2.40. The highest BCUT2D eigenvalue weighted by Crippen LogP contribution is 1.95. The molecule has 0 amide bonds. The summed E-state index contributed by atoms with van der Waals surface area (Å²) < 4.78 is 0. The van der Waals surface area contributed by atoms with Gasteiger partial charge >= 0.3 is 0 Å². The summed E-state index contributed by atoms with van der Waals surface area (Å²) >= 11 is 0. The van der Waals surface area contributed by atoms with Crippen LogP contribution in [0.2, 0.25) is 0 Å². The van der Waals surface area contributed by atoms with Crippen molar-refractivity contribution >= 4 is 0 Å². The average molecular weight is 289 g/mol. The third kappa shape index (κ3) is 81.3. The molecule has 0 saturated heterocycles. The topological polar surface area (TPSA) is 0 Å². The highest BCUT2D eigenvalue weighted by molar-refractivity contribution is 4.34. The molecule has 0 rings (SSSR count). The molecule has 0 atom stereocenters. The van der Waals surface area contributed by atoms with Crippen molar-refractivity contribution in [1.82, 2.24) is 0 Å². The van der Waals surface area contributed by atoms with Crippen LogP contribution in [0.3, 0.4) is 0 Å². The molecular formula is C20H48. The van der Waals surface area contributed by atoms with Crippen LogP contribution in [-0.2, 0) is 0 Å². The second-order valence-corrected chi connectivity index (χ2v) is 7.21. The van der Waals surface area contributed by atoms with Crippen molar-refractivity contribution in [3.63, 3.8) is 0 Å². The molecule has 0 bridgehead atoms. The van der Waals surface area contributed by atoms with E-state index in [1.807, 2.05) is 0 Å². The van der Waals surface area contributed by atoms with Crippen LogP contribution in [-0.4, -0.2) is 0 Å². The van der Waals surface area contributed by atoms with Gasteiger partial charge in [0, 0.05) is 0 Å². The minimum atomic E-state index is 0.884. The maximum absolute atomic E-state index is 2.22. The normalized spacial score (nSPS) is 9.60. The highest BCUT2D eigenvalue weighted by atomic mass is 13.9. The van der Waals surface area contributed by atoms with Crippen molar-refractivity contribution in [2.75, 3.05) is 0 Å². The summed E-state index contributed by atoms with van der Waals surface area (Å²) in [5, 5.41) is 0. The van der Waals surface area contributed by atoms with E-state index in [0.29, 0.717) is 0 Å². The smallest absolute Gasteiger partial charge is 0.0474 e. The molecule has 0 N–H and O–H groups in total. The maximum atomic E-state index is 2.22. The number of hydrogen-bond donors (Lipinski definition) is 0. The Kier molecular flexibility index (Phi) is 33.9. The summed E-state index contributed by atoms with van der Waals surface area (Å²) in [6.07, 6.45) is 5.22. The van der Waals surface area contributed by atoms with Gasteiger partial charge in [-0.05, 0) is 23.7 Å². The largest absolute Gasteiger partial charge is 0.0651 e. The Bertz CT molecular complexity index is 88.0. The molecule has 0 heterocycles. The van der Waals surface area contributed by atoms with Gasteiger partial charge < -0.3 is 0 Å². The maximum Gasteiger partial charge on any atom is -0.0474 e. The van der Waals surface area contributed by atoms with Crippen LogP contribution in [0.4, 0.5) is 0 Å². The zero-order valence-electron chi connectivity index (χ0n) is 17.1. The first-order valence-corrected chi connectivity index (χ1v) is 9.08. The zero-order valence-corrected chi connectivity index (χ0v) is 17.1. The Labute approximate surface area is 133 Å².